The summed E-state index contributed by atoms with van der Waals surface area (Å²) in [4.78, 5) is 2.23. The van der Waals surface area contributed by atoms with E-state index in [1.807, 2.05) is 0 Å². The molecule has 0 bridgehead atoms. The van der Waals surface area contributed by atoms with Crippen molar-refractivity contribution in [3.05, 3.63) is 6.54 Å². The molecule has 0 aromatic rings. The first-order valence-corrected chi connectivity index (χ1v) is 3.81. The largest absolute Gasteiger partial charge is 0.302 e. The minimum atomic E-state index is 1.21. The van der Waals surface area contributed by atoms with E-state index in [2.05, 4.69) is 32.3 Å². The topological polar surface area (TPSA) is 3.24 Å². The van der Waals surface area contributed by atoms with E-state index in [1.54, 1.807) is 0 Å². The van der Waals surface area contributed by atoms with Crippen LogP contribution in [0.15, 0.2) is 0 Å². The lowest BCUT2D eigenvalue weighted by atomic mass is 10.2. The van der Waals surface area contributed by atoms with Crippen molar-refractivity contribution in [3.8, 4) is 0 Å². The lowest BCUT2D eigenvalue weighted by Gasteiger charge is -2.11. The highest BCUT2D eigenvalue weighted by atomic mass is 15.1. The van der Waals surface area contributed by atoms with Crippen LogP contribution in [0.5, 0.6) is 0 Å². The maximum Gasteiger partial charge on any atom is 0.0217 e. The van der Waals surface area contributed by atoms with Gasteiger partial charge in [-0.3, -0.25) is 0 Å². The van der Waals surface area contributed by atoms with Gasteiger partial charge in [0.05, 0.1) is 0 Å². The van der Waals surface area contributed by atoms with Crippen molar-refractivity contribution >= 4 is 0 Å². The van der Waals surface area contributed by atoms with E-state index >= 15 is 0 Å². The van der Waals surface area contributed by atoms with Crippen LogP contribution in [0.4, 0.5) is 0 Å². The fourth-order valence-corrected chi connectivity index (χ4v) is 0.740. The smallest absolute Gasteiger partial charge is 0.0217 e. The molecule has 0 rings (SSSR count). The SMILES string of the molecule is C[CH]N(C)CCCCC. The van der Waals surface area contributed by atoms with Crippen LogP contribution in [0.1, 0.15) is 33.1 Å². The molecule has 0 N–H and O–H groups in total. The Morgan fingerprint density at radius 1 is 1.33 bits per heavy atom. The summed E-state index contributed by atoms with van der Waals surface area (Å²) in [5, 5.41) is 0. The minimum Gasteiger partial charge on any atom is -0.302 e. The summed E-state index contributed by atoms with van der Waals surface area (Å²) in [5.74, 6) is 0. The molecule has 0 aliphatic rings. The molecular weight excluding hydrogens is 110 g/mol. The maximum absolute atomic E-state index is 2.23. The minimum absolute atomic E-state index is 1.21. The van der Waals surface area contributed by atoms with Gasteiger partial charge < -0.3 is 4.90 Å². The van der Waals surface area contributed by atoms with E-state index < -0.39 is 0 Å². The Balaban J connectivity index is 2.88. The maximum atomic E-state index is 2.23. The average Bonchev–Trinajstić information content (AvgIpc) is 1.89. The Morgan fingerprint density at radius 3 is 2.44 bits per heavy atom. The van der Waals surface area contributed by atoms with E-state index in [1.165, 1.54) is 25.8 Å². The first kappa shape index (κ1) is 8.96. The quantitative estimate of drug-likeness (QED) is 0.513. The summed E-state index contributed by atoms with van der Waals surface area (Å²) in [5.41, 5.74) is 0. The number of rotatable bonds is 5. The molecule has 9 heavy (non-hydrogen) atoms. The summed E-state index contributed by atoms with van der Waals surface area (Å²) in [6.45, 7) is 7.64. The number of hydrogen-bond donors (Lipinski definition) is 0. The molecule has 0 saturated carbocycles. The number of hydrogen-bond acceptors (Lipinski definition) is 1. The zero-order chi connectivity index (χ0) is 7.11. The van der Waals surface area contributed by atoms with Crippen molar-refractivity contribution in [1.82, 2.24) is 4.90 Å². The van der Waals surface area contributed by atoms with Gasteiger partial charge in [-0.1, -0.05) is 19.8 Å². The molecule has 0 aromatic heterocycles. The molecule has 0 fully saturated rings. The third-order valence-corrected chi connectivity index (χ3v) is 1.56. The summed E-state index contributed by atoms with van der Waals surface area (Å²) >= 11 is 0. The summed E-state index contributed by atoms with van der Waals surface area (Å²) < 4.78 is 0. The Hall–Kier alpha value is -0.0400. The van der Waals surface area contributed by atoms with E-state index in [-0.39, 0.29) is 0 Å². The van der Waals surface area contributed by atoms with Crippen LogP contribution in [0, 0.1) is 6.54 Å². The van der Waals surface area contributed by atoms with Crippen LogP contribution in [0.3, 0.4) is 0 Å². The van der Waals surface area contributed by atoms with Crippen LogP contribution in [0.25, 0.3) is 0 Å². The van der Waals surface area contributed by atoms with Crippen molar-refractivity contribution < 1.29 is 0 Å². The summed E-state index contributed by atoms with van der Waals surface area (Å²) in [6.07, 6.45) is 4.01. The van der Waals surface area contributed by atoms with Crippen LogP contribution < -0.4 is 0 Å². The van der Waals surface area contributed by atoms with Crippen molar-refractivity contribution in [2.75, 3.05) is 13.6 Å². The van der Waals surface area contributed by atoms with Crippen LogP contribution >= 0.6 is 0 Å². The van der Waals surface area contributed by atoms with E-state index in [0.29, 0.717) is 0 Å². The zero-order valence-electron chi connectivity index (χ0n) is 6.85. The zero-order valence-corrected chi connectivity index (χ0v) is 6.85. The molecule has 0 aliphatic heterocycles. The van der Waals surface area contributed by atoms with Crippen molar-refractivity contribution in [3.63, 3.8) is 0 Å². The molecule has 1 heteroatoms. The van der Waals surface area contributed by atoms with Gasteiger partial charge in [-0.15, -0.1) is 0 Å². The second-order valence-electron chi connectivity index (χ2n) is 2.45. The van der Waals surface area contributed by atoms with Crippen molar-refractivity contribution in [1.29, 1.82) is 0 Å². The molecule has 1 nitrogen and oxygen atoms in total. The highest BCUT2D eigenvalue weighted by molar-refractivity contribution is 4.56. The lowest BCUT2D eigenvalue weighted by molar-refractivity contribution is 0.395. The van der Waals surface area contributed by atoms with Gasteiger partial charge in [0.2, 0.25) is 0 Å². The molecule has 0 aliphatic carbocycles. The fraction of sp³-hybridized carbons (Fsp3) is 0.875. The predicted molar refractivity (Wildman–Crippen MR) is 42.1 cm³/mol. The van der Waals surface area contributed by atoms with Gasteiger partial charge in [0.25, 0.3) is 0 Å². The molecular formula is C8H18N. The molecule has 0 aromatic carbocycles. The van der Waals surface area contributed by atoms with Gasteiger partial charge in [0, 0.05) is 6.54 Å². The number of unbranched alkanes of at least 4 members (excludes halogenated alkanes) is 2. The van der Waals surface area contributed by atoms with E-state index in [4.69, 9.17) is 0 Å². The van der Waals surface area contributed by atoms with E-state index in [0.717, 1.165) is 0 Å². The second-order valence-corrected chi connectivity index (χ2v) is 2.45. The molecule has 1 radical (unpaired) electrons. The monoisotopic (exact) mass is 128 g/mol. The lowest BCUT2D eigenvalue weighted by Crippen LogP contribution is -2.14. The predicted octanol–water partition coefficient (Wildman–Crippen LogP) is 2.29. The summed E-state index contributed by atoms with van der Waals surface area (Å²) in [7, 11) is 2.12. The molecule has 0 unspecified atom stereocenters. The molecule has 0 saturated heterocycles. The standard InChI is InChI=1S/C8H18N/c1-4-6-7-8-9(3)5-2/h5H,4,6-8H2,1-3H3. The molecule has 55 valence electrons. The summed E-state index contributed by atoms with van der Waals surface area (Å²) in [6, 6.07) is 0. The molecule has 0 atom stereocenters. The van der Waals surface area contributed by atoms with E-state index in [9.17, 15) is 0 Å². The van der Waals surface area contributed by atoms with Gasteiger partial charge in [-0.05, 0) is 26.9 Å². The third kappa shape index (κ3) is 5.84. The van der Waals surface area contributed by atoms with Crippen LogP contribution in [-0.4, -0.2) is 18.5 Å². The number of nitrogens with zero attached hydrogens (tertiary/aromatic N) is 1. The molecule has 0 amide bonds. The highest BCUT2D eigenvalue weighted by Gasteiger charge is 1.91. The average molecular weight is 128 g/mol. The second kappa shape index (κ2) is 6.09. The Morgan fingerprint density at radius 2 is 2.00 bits per heavy atom. The highest BCUT2D eigenvalue weighted by Crippen LogP contribution is 1.96. The molecule has 0 heterocycles. The normalized spacial score (nSPS) is 10.7. The first-order chi connectivity index (χ1) is 4.31. The van der Waals surface area contributed by atoms with Crippen molar-refractivity contribution in [2.24, 2.45) is 0 Å². The fourth-order valence-electron chi connectivity index (χ4n) is 0.740. The Labute approximate surface area is 59.1 Å². The van der Waals surface area contributed by atoms with Gasteiger partial charge >= 0.3 is 0 Å². The Bertz CT molecular complexity index is 52.5. The third-order valence-electron chi connectivity index (χ3n) is 1.56. The van der Waals surface area contributed by atoms with Crippen LogP contribution in [0.2, 0.25) is 0 Å². The van der Waals surface area contributed by atoms with Gasteiger partial charge in [-0.25, -0.2) is 0 Å². The van der Waals surface area contributed by atoms with Gasteiger partial charge in [0.15, 0.2) is 0 Å². The van der Waals surface area contributed by atoms with Crippen molar-refractivity contribution in [2.45, 2.75) is 33.1 Å². The first-order valence-electron chi connectivity index (χ1n) is 3.81. The van der Waals surface area contributed by atoms with Gasteiger partial charge in [0.1, 0.15) is 0 Å². The Kier molecular flexibility index (Phi) is 6.06. The van der Waals surface area contributed by atoms with Crippen LogP contribution in [-0.2, 0) is 0 Å². The van der Waals surface area contributed by atoms with Gasteiger partial charge in [-0.2, -0.15) is 0 Å². The molecule has 0 spiro atoms.